The van der Waals surface area contributed by atoms with Gasteiger partial charge >= 0.3 is 0 Å². The van der Waals surface area contributed by atoms with Crippen molar-refractivity contribution in [1.82, 2.24) is 15.3 Å². The number of thiophene rings is 1. The fraction of sp³-hybridized carbons (Fsp3) is 0.250. The van der Waals surface area contributed by atoms with Crippen LogP contribution in [-0.4, -0.2) is 9.97 Å². The third-order valence-corrected chi connectivity index (χ3v) is 4.72. The van der Waals surface area contributed by atoms with Crippen molar-refractivity contribution in [3.05, 3.63) is 62.5 Å². The van der Waals surface area contributed by atoms with E-state index in [2.05, 4.69) is 27.4 Å². The molecule has 3 aromatic rings. The molecular weight excluding hydrogens is 282 g/mol. The predicted octanol–water partition coefficient (Wildman–Crippen LogP) is 2.89. The smallest absolute Gasteiger partial charge is 0.268 e. The Kier molecular flexibility index (Phi) is 3.86. The predicted molar refractivity (Wildman–Crippen MR) is 86.7 cm³/mol. The normalized spacial score (nSPS) is 11.1. The van der Waals surface area contributed by atoms with Gasteiger partial charge in [-0.15, -0.1) is 11.3 Å². The van der Waals surface area contributed by atoms with E-state index in [4.69, 9.17) is 0 Å². The third kappa shape index (κ3) is 2.89. The highest BCUT2D eigenvalue weighted by Gasteiger charge is 2.11. The highest BCUT2D eigenvalue weighted by molar-refractivity contribution is 7.19. The maximum absolute atomic E-state index is 12.1. The SMILES string of the molecule is Cc1sc2c(=O)[nH]c(CNCc3ccccc3)nc2c1C. The Labute approximate surface area is 126 Å². The van der Waals surface area contributed by atoms with Crippen LogP contribution in [0.1, 0.15) is 21.8 Å². The fourth-order valence-corrected chi connectivity index (χ4v) is 3.25. The first-order valence-corrected chi connectivity index (χ1v) is 7.70. The van der Waals surface area contributed by atoms with Crippen molar-refractivity contribution in [1.29, 1.82) is 0 Å². The standard InChI is InChI=1S/C16H17N3OS/c1-10-11(2)21-15-14(10)18-13(19-16(15)20)9-17-8-12-6-4-3-5-7-12/h3-7,17H,8-9H2,1-2H3,(H,18,19,20). The molecule has 0 amide bonds. The molecule has 21 heavy (non-hydrogen) atoms. The van der Waals surface area contributed by atoms with E-state index in [9.17, 15) is 4.79 Å². The lowest BCUT2D eigenvalue weighted by Crippen LogP contribution is -2.18. The molecule has 0 bridgehead atoms. The van der Waals surface area contributed by atoms with Crippen LogP contribution in [-0.2, 0) is 13.1 Å². The summed E-state index contributed by atoms with van der Waals surface area (Å²) < 4.78 is 0.719. The van der Waals surface area contributed by atoms with Crippen LogP contribution in [0.25, 0.3) is 10.2 Å². The van der Waals surface area contributed by atoms with Gasteiger partial charge in [0.15, 0.2) is 0 Å². The molecule has 5 heteroatoms. The molecule has 108 valence electrons. The quantitative estimate of drug-likeness (QED) is 0.779. The Balaban J connectivity index is 1.78. The Hall–Kier alpha value is -1.98. The van der Waals surface area contributed by atoms with E-state index in [0.717, 1.165) is 27.2 Å². The van der Waals surface area contributed by atoms with Crippen LogP contribution in [0.2, 0.25) is 0 Å². The molecule has 2 N–H and O–H groups in total. The van der Waals surface area contributed by atoms with Crippen molar-refractivity contribution in [3.63, 3.8) is 0 Å². The molecule has 0 aliphatic rings. The summed E-state index contributed by atoms with van der Waals surface area (Å²) in [7, 11) is 0. The second-order valence-electron chi connectivity index (χ2n) is 5.06. The average Bonchev–Trinajstić information content (AvgIpc) is 2.77. The summed E-state index contributed by atoms with van der Waals surface area (Å²) in [6.07, 6.45) is 0. The number of hydrogen-bond acceptors (Lipinski definition) is 4. The highest BCUT2D eigenvalue weighted by Crippen LogP contribution is 2.25. The highest BCUT2D eigenvalue weighted by atomic mass is 32.1. The summed E-state index contributed by atoms with van der Waals surface area (Å²) in [6.45, 7) is 5.34. The topological polar surface area (TPSA) is 57.8 Å². The zero-order chi connectivity index (χ0) is 14.8. The number of aromatic amines is 1. The van der Waals surface area contributed by atoms with Crippen LogP contribution in [0, 0.1) is 13.8 Å². The molecule has 0 saturated carbocycles. The Morgan fingerprint density at radius 2 is 1.95 bits per heavy atom. The number of aromatic nitrogens is 2. The number of hydrogen-bond donors (Lipinski definition) is 2. The van der Waals surface area contributed by atoms with E-state index in [1.807, 2.05) is 32.0 Å². The van der Waals surface area contributed by atoms with Crippen LogP contribution in [0.5, 0.6) is 0 Å². The van der Waals surface area contributed by atoms with Gasteiger partial charge in [0.05, 0.1) is 12.1 Å². The van der Waals surface area contributed by atoms with Crippen molar-refractivity contribution in [2.24, 2.45) is 0 Å². The second kappa shape index (κ2) is 5.79. The summed E-state index contributed by atoms with van der Waals surface area (Å²) in [5.41, 5.74) is 3.10. The van der Waals surface area contributed by atoms with E-state index >= 15 is 0 Å². The first-order valence-electron chi connectivity index (χ1n) is 6.88. The number of fused-ring (bicyclic) bond motifs is 1. The maximum atomic E-state index is 12.1. The Morgan fingerprint density at radius 3 is 2.71 bits per heavy atom. The van der Waals surface area contributed by atoms with Crippen LogP contribution < -0.4 is 10.9 Å². The molecule has 2 heterocycles. The zero-order valence-electron chi connectivity index (χ0n) is 12.1. The molecule has 0 atom stereocenters. The molecule has 0 radical (unpaired) electrons. The summed E-state index contributed by atoms with van der Waals surface area (Å²) in [5, 5.41) is 3.31. The lowest BCUT2D eigenvalue weighted by molar-refractivity contribution is 0.663. The molecular formula is C16H17N3OS. The summed E-state index contributed by atoms with van der Waals surface area (Å²) in [4.78, 5) is 20.7. The lowest BCUT2D eigenvalue weighted by atomic mass is 10.2. The maximum Gasteiger partial charge on any atom is 0.268 e. The summed E-state index contributed by atoms with van der Waals surface area (Å²) >= 11 is 1.51. The van der Waals surface area contributed by atoms with Gasteiger partial charge in [-0.05, 0) is 25.0 Å². The van der Waals surface area contributed by atoms with Crippen molar-refractivity contribution < 1.29 is 0 Å². The molecule has 0 fully saturated rings. The average molecular weight is 299 g/mol. The van der Waals surface area contributed by atoms with Crippen molar-refractivity contribution in [3.8, 4) is 0 Å². The summed E-state index contributed by atoms with van der Waals surface area (Å²) in [6, 6.07) is 10.2. The van der Waals surface area contributed by atoms with Crippen molar-refractivity contribution >= 4 is 21.6 Å². The van der Waals surface area contributed by atoms with E-state index in [0.29, 0.717) is 12.4 Å². The molecule has 0 saturated heterocycles. The van der Waals surface area contributed by atoms with Gasteiger partial charge < -0.3 is 10.3 Å². The van der Waals surface area contributed by atoms with Gasteiger partial charge in [0.2, 0.25) is 0 Å². The van der Waals surface area contributed by atoms with Gasteiger partial charge in [-0.1, -0.05) is 30.3 Å². The fourth-order valence-electron chi connectivity index (χ4n) is 2.26. The number of rotatable bonds is 4. The molecule has 1 aromatic carbocycles. The van der Waals surface area contributed by atoms with Gasteiger partial charge in [0, 0.05) is 11.4 Å². The number of nitrogens with zero attached hydrogens (tertiary/aromatic N) is 1. The molecule has 0 aliphatic carbocycles. The van der Waals surface area contributed by atoms with Crippen LogP contribution in [0.15, 0.2) is 35.1 Å². The first-order chi connectivity index (χ1) is 10.1. The monoisotopic (exact) mass is 299 g/mol. The van der Waals surface area contributed by atoms with Crippen molar-refractivity contribution in [2.45, 2.75) is 26.9 Å². The van der Waals surface area contributed by atoms with E-state index in [1.165, 1.54) is 16.9 Å². The van der Waals surface area contributed by atoms with E-state index in [1.54, 1.807) is 0 Å². The van der Waals surface area contributed by atoms with E-state index < -0.39 is 0 Å². The molecule has 0 aliphatic heterocycles. The number of nitrogens with one attached hydrogen (secondary N) is 2. The Bertz CT molecular complexity index is 821. The minimum Gasteiger partial charge on any atom is -0.308 e. The number of benzene rings is 1. The molecule has 3 rings (SSSR count). The third-order valence-electron chi connectivity index (χ3n) is 3.53. The lowest BCUT2D eigenvalue weighted by Gasteiger charge is -2.05. The zero-order valence-corrected chi connectivity index (χ0v) is 12.9. The van der Waals surface area contributed by atoms with Gasteiger partial charge in [0.25, 0.3) is 5.56 Å². The van der Waals surface area contributed by atoms with Gasteiger partial charge in [-0.3, -0.25) is 4.79 Å². The molecule has 2 aromatic heterocycles. The van der Waals surface area contributed by atoms with E-state index in [-0.39, 0.29) is 5.56 Å². The number of H-pyrrole nitrogens is 1. The van der Waals surface area contributed by atoms with Crippen molar-refractivity contribution in [2.75, 3.05) is 0 Å². The van der Waals surface area contributed by atoms with Crippen LogP contribution in [0.3, 0.4) is 0 Å². The minimum atomic E-state index is -0.0438. The second-order valence-corrected chi connectivity index (χ2v) is 6.29. The number of aryl methyl sites for hydroxylation is 2. The van der Waals surface area contributed by atoms with Crippen LogP contribution in [0.4, 0.5) is 0 Å². The van der Waals surface area contributed by atoms with Gasteiger partial charge in [0.1, 0.15) is 10.5 Å². The molecule has 4 nitrogen and oxygen atoms in total. The first kappa shape index (κ1) is 14.0. The van der Waals surface area contributed by atoms with Crippen LogP contribution >= 0.6 is 11.3 Å². The minimum absolute atomic E-state index is 0.0438. The largest absolute Gasteiger partial charge is 0.308 e. The van der Waals surface area contributed by atoms with Gasteiger partial charge in [-0.25, -0.2) is 4.98 Å². The Morgan fingerprint density at radius 1 is 1.19 bits per heavy atom. The molecule has 0 unspecified atom stereocenters. The van der Waals surface area contributed by atoms with Gasteiger partial charge in [-0.2, -0.15) is 0 Å². The summed E-state index contributed by atoms with van der Waals surface area (Å²) in [5.74, 6) is 0.685. The molecule has 0 spiro atoms.